The maximum Gasteiger partial charge on any atom is 0.335 e. The van der Waals surface area contributed by atoms with Gasteiger partial charge >= 0.3 is 6.03 Å². The van der Waals surface area contributed by atoms with E-state index in [1.54, 1.807) is 12.1 Å². The third kappa shape index (κ3) is 4.75. The number of nitrogens with one attached hydrogen (secondary N) is 1. The summed E-state index contributed by atoms with van der Waals surface area (Å²) < 4.78 is 0. The highest BCUT2D eigenvalue weighted by Gasteiger charge is 2.40. The Balaban J connectivity index is 2.14. The second kappa shape index (κ2) is 8.55. The molecule has 1 aromatic rings. The standard InChI is InChI=1S/C19H25N3O3/c1-4-5-6-7-8-20-12-16-17(23)21-19(25)22(18(16)24)15-10-13(2)9-14(3)11-15/h9-12,16H,4-8H2,1-3H3,(H,21,23,25). The Kier molecular flexibility index (Phi) is 6.44. The first-order chi connectivity index (χ1) is 11.9. The zero-order chi connectivity index (χ0) is 18.4. The van der Waals surface area contributed by atoms with Crippen molar-refractivity contribution in [3.63, 3.8) is 0 Å². The van der Waals surface area contributed by atoms with E-state index >= 15 is 0 Å². The number of urea groups is 1. The molecule has 0 aliphatic carbocycles. The van der Waals surface area contributed by atoms with Crippen LogP contribution in [0, 0.1) is 19.8 Å². The molecule has 1 unspecified atom stereocenters. The summed E-state index contributed by atoms with van der Waals surface area (Å²) in [5.41, 5.74) is 2.34. The van der Waals surface area contributed by atoms with E-state index in [9.17, 15) is 14.4 Å². The fourth-order valence-corrected chi connectivity index (χ4v) is 2.86. The molecule has 1 fully saturated rings. The van der Waals surface area contributed by atoms with Crippen LogP contribution >= 0.6 is 0 Å². The SMILES string of the molecule is CCCCCCN=CC1C(=O)NC(=O)N(c2cc(C)cc(C)c2)C1=O. The Morgan fingerprint density at radius 2 is 1.76 bits per heavy atom. The second-order valence-corrected chi connectivity index (χ2v) is 6.41. The Bertz CT molecular complexity index is 677. The van der Waals surface area contributed by atoms with Crippen LogP contribution in [0.2, 0.25) is 0 Å². The quantitative estimate of drug-likeness (QED) is 0.469. The number of benzene rings is 1. The second-order valence-electron chi connectivity index (χ2n) is 6.41. The van der Waals surface area contributed by atoms with Gasteiger partial charge < -0.3 is 0 Å². The molecular weight excluding hydrogens is 318 g/mol. The lowest BCUT2D eigenvalue weighted by Gasteiger charge is -2.29. The van der Waals surface area contributed by atoms with Crippen molar-refractivity contribution in [2.24, 2.45) is 10.9 Å². The molecule has 1 heterocycles. The Labute approximate surface area is 148 Å². The smallest absolute Gasteiger partial charge is 0.296 e. The minimum Gasteiger partial charge on any atom is -0.296 e. The zero-order valence-corrected chi connectivity index (χ0v) is 15.0. The summed E-state index contributed by atoms with van der Waals surface area (Å²) in [6.45, 7) is 6.49. The molecule has 1 N–H and O–H groups in total. The van der Waals surface area contributed by atoms with Crippen molar-refractivity contribution in [1.82, 2.24) is 5.32 Å². The number of hydrogen-bond acceptors (Lipinski definition) is 4. The van der Waals surface area contributed by atoms with E-state index in [-0.39, 0.29) is 0 Å². The largest absolute Gasteiger partial charge is 0.335 e. The highest BCUT2D eigenvalue weighted by molar-refractivity contribution is 6.32. The molecular formula is C19H25N3O3. The van der Waals surface area contributed by atoms with Gasteiger partial charge in [-0.15, -0.1) is 0 Å². The van der Waals surface area contributed by atoms with Gasteiger partial charge in [-0.25, -0.2) is 9.69 Å². The third-order valence-corrected chi connectivity index (χ3v) is 4.06. The van der Waals surface area contributed by atoms with Crippen molar-refractivity contribution in [1.29, 1.82) is 0 Å². The summed E-state index contributed by atoms with van der Waals surface area (Å²) in [5, 5.41) is 2.24. The predicted octanol–water partition coefficient (Wildman–Crippen LogP) is 3.15. The summed E-state index contributed by atoms with van der Waals surface area (Å²) in [4.78, 5) is 42.1. The van der Waals surface area contributed by atoms with Gasteiger partial charge in [-0.05, 0) is 43.5 Å². The Morgan fingerprint density at radius 1 is 1.08 bits per heavy atom. The normalized spacial score (nSPS) is 18.1. The molecule has 0 radical (unpaired) electrons. The van der Waals surface area contributed by atoms with Crippen molar-refractivity contribution in [3.8, 4) is 0 Å². The van der Waals surface area contributed by atoms with Gasteiger partial charge in [0.1, 0.15) is 0 Å². The number of aryl methyl sites for hydroxylation is 2. The van der Waals surface area contributed by atoms with E-state index in [0.717, 1.165) is 41.7 Å². The predicted molar refractivity (Wildman–Crippen MR) is 97.9 cm³/mol. The van der Waals surface area contributed by atoms with Crippen LogP contribution in [0.1, 0.15) is 43.7 Å². The molecule has 6 nitrogen and oxygen atoms in total. The minimum atomic E-state index is -1.07. The average molecular weight is 343 g/mol. The highest BCUT2D eigenvalue weighted by Crippen LogP contribution is 2.23. The van der Waals surface area contributed by atoms with Crippen molar-refractivity contribution in [2.45, 2.75) is 46.5 Å². The molecule has 0 bridgehead atoms. The maximum absolute atomic E-state index is 12.7. The van der Waals surface area contributed by atoms with E-state index in [1.165, 1.54) is 6.21 Å². The number of anilines is 1. The number of unbranched alkanes of at least 4 members (excludes halogenated alkanes) is 3. The molecule has 1 saturated heterocycles. The number of barbiturate groups is 1. The number of nitrogens with zero attached hydrogens (tertiary/aromatic N) is 2. The number of rotatable bonds is 7. The van der Waals surface area contributed by atoms with Gasteiger partial charge in [0.25, 0.3) is 5.91 Å². The lowest BCUT2D eigenvalue weighted by molar-refractivity contribution is -0.131. The molecule has 2 rings (SSSR count). The van der Waals surface area contributed by atoms with Crippen molar-refractivity contribution in [3.05, 3.63) is 29.3 Å². The third-order valence-electron chi connectivity index (χ3n) is 4.06. The Hall–Kier alpha value is -2.50. The van der Waals surface area contributed by atoms with E-state index in [2.05, 4.69) is 17.2 Å². The molecule has 0 spiro atoms. The number of carbonyl (C=O) groups excluding carboxylic acids is 3. The van der Waals surface area contributed by atoms with Crippen molar-refractivity contribution in [2.75, 3.05) is 11.4 Å². The number of carbonyl (C=O) groups is 3. The molecule has 1 atom stereocenters. The average Bonchev–Trinajstić information content (AvgIpc) is 2.52. The van der Waals surface area contributed by atoms with Gasteiger partial charge in [0, 0.05) is 12.8 Å². The van der Waals surface area contributed by atoms with E-state index in [4.69, 9.17) is 0 Å². The van der Waals surface area contributed by atoms with E-state index in [0.29, 0.717) is 12.2 Å². The first-order valence-corrected chi connectivity index (χ1v) is 8.71. The van der Waals surface area contributed by atoms with Crippen LogP contribution in [0.25, 0.3) is 0 Å². The van der Waals surface area contributed by atoms with Gasteiger partial charge in [0.15, 0.2) is 5.92 Å². The summed E-state index contributed by atoms with van der Waals surface area (Å²) in [5.74, 6) is -2.24. The fraction of sp³-hybridized carbons (Fsp3) is 0.474. The Morgan fingerprint density at radius 3 is 2.40 bits per heavy atom. The summed E-state index contributed by atoms with van der Waals surface area (Å²) in [6.07, 6.45) is 5.65. The number of hydrogen-bond donors (Lipinski definition) is 1. The topological polar surface area (TPSA) is 78.8 Å². The van der Waals surface area contributed by atoms with Crippen LogP contribution in [-0.4, -0.2) is 30.6 Å². The summed E-state index contributed by atoms with van der Waals surface area (Å²) >= 11 is 0. The molecule has 1 aliphatic rings. The van der Waals surface area contributed by atoms with Gasteiger partial charge in [0.05, 0.1) is 5.69 Å². The molecule has 0 saturated carbocycles. The molecule has 25 heavy (non-hydrogen) atoms. The van der Waals surface area contributed by atoms with Gasteiger partial charge in [-0.2, -0.15) is 0 Å². The van der Waals surface area contributed by atoms with Crippen molar-refractivity contribution < 1.29 is 14.4 Å². The van der Waals surface area contributed by atoms with Crippen molar-refractivity contribution >= 4 is 29.7 Å². The number of aliphatic imine (C=N–C) groups is 1. The lowest BCUT2D eigenvalue weighted by atomic mass is 10.0. The van der Waals surface area contributed by atoms with Crippen LogP contribution < -0.4 is 10.2 Å². The zero-order valence-electron chi connectivity index (χ0n) is 15.0. The van der Waals surface area contributed by atoms with Gasteiger partial charge in [0.2, 0.25) is 5.91 Å². The van der Waals surface area contributed by atoms with Crippen LogP contribution in [0.15, 0.2) is 23.2 Å². The summed E-state index contributed by atoms with van der Waals surface area (Å²) in [7, 11) is 0. The number of amides is 4. The molecule has 134 valence electrons. The fourth-order valence-electron chi connectivity index (χ4n) is 2.86. The lowest BCUT2D eigenvalue weighted by Crippen LogP contribution is -2.58. The molecule has 6 heteroatoms. The maximum atomic E-state index is 12.7. The van der Waals surface area contributed by atoms with E-state index < -0.39 is 23.8 Å². The highest BCUT2D eigenvalue weighted by atomic mass is 16.2. The van der Waals surface area contributed by atoms with Gasteiger partial charge in [-0.1, -0.05) is 32.3 Å². The first kappa shape index (κ1) is 18.8. The monoisotopic (exact) mass is 343 g/mol. The van der Waals surface area contributed by atoms with Crippen LogP contribution in [0.4, 0.5) is 10.5 Å². The molecule has 0 aromatic heterocycles. The molecule has 4 amide bonds. The van der Waals surface area contributed by atoms with Crippen LogP contribution in [0.5, 0.6) is 0 Å². The van der Waals surface area contributed by atoms with Crippen LogP contribution in [-0.2, 0) is 9.59 Å². The van der Waals surface area contributed by atoms with E-state index in [1.807, 2.05) is 19.9 Å². The summed E-state index contributed by atoms with van der Waals surface area (Å²) in [6, 6.07) is 4.74. The van der Waals surface area contributed by atoms with Crippen LogP contribution in [0.3, 0.4) is 0 Å². The first-order valence-electron chi connectivity index (χ1n) is 8.71. The number of imide groups is 2. The van der Waals surface area contributed by atoms with Gasteiger partial charge in [-0.3, -0.25) is 19.9 Å². The minimum absolute atomic E-state index is 0.467. The molecule has 1 aromatic carbocycles. The molecule has 1 aliphatic heterocycles.